The van der Waals surface area contributed by atoms with Gasteiger partial charge in [0, 0.05) is 0 Å². The first-order valence-corrected chi connectivity index (χ1v) is 9.06. The van der Waals surface area contributed by atoms with Crippen LogP contribution in [0.5, 0.6) is 0 Å². The first-order valence-electron chi connectivity index (χ1n) is 9.06. The van der Waals surface area contributed by atoms with Gasteiger partial charge in [0.2, 0.25) is 0 Å². The summed E-state index contributed by atoms with van der Waals surface area (Å²) in [4.78, 5) is 12.7. The van der Waals surface area contributed by atoms with E-state index in [4.69, 9.17) is 5.73 Å². The molecule has 0 radical (unpaired) electrons. The van der Waals surface area contributed by atoms with E-state index in [1.165, 1.54) is 11.1 Å². The van der Waals surface area contributed by atoms with Crippen LogP contribution < -0.4 is 22.0 Å². The molecule has 138 valence electrons. The summed E-state index contributed by atoms with van der Waals surface area (Å²) < 4.78 is 1.36. The Morgan fingerprint density at radius 1 is 1.19 bits per heavy atom. The lowest BCUT2D eigenvalue weighted by Crippen LogP contribution is -2.46. The molecule has 2 heterocycles. The fraction of sp³-hybridized carbons (Fsp3) is 0.368. The molecule has 2 aromatic rings. The summed E-state index contributed by atoms with van der Waals surface area (Å²) in [5, 5.41) is 21.4. The highest BCUT2D eigenvalue weighted by Gasteiger charge is 2.40. The number of benzene rings is 1. The quantitative estimate of drug-likeness (QED) is 0.703. The fourth-order valence-electron chi connectivity index (χ4n) is 3.69. The molecular formula is C19H21N7O. The number of rotatable bonds is 2. The maximum Gasteiger partial charge on any atom is 0.290 e. The molecule has 1 aromatic heterocycles. The highest BCUT2D eigenvalue weighted by molar-refractivity contribution is 5.81. The van der Waals surface area contributed by atoms with Gasteiger partial charge in [0.1, 0.15) is 17.3 Å². The molecular weight excluding hydrogens is 342 g/mol. The number of anilines is 2. The second kappa shape index (κ2) is 6.43. The van der Waals surface area contributed by atoms with E-state index in [0.29, 0.717) is 17.2 Å². The molecule has 1 spiro atoms. The van der Waals surface area contributed by atoms with E-state index in [1.807, 2.05) is 37.3 Å². The van der Waals surface area contributed by atoms with Crippen LogP contribution in [0.15, 0.2) is 39.3 Å². The summed E-state index contributed by atoms with van der Waals surface area (Å²) in [7, 11) is 0. The van der Waals surface area contributed by atoms with Gasteiger partial charge in [0.15, 0.2) is 11.5 Å². The topological polar surface area (TPSA) is 121 Å². The summed E-state index contributed by atoms with van der Waals surface area (Å²) in [5.74, 6) is 0.467. The lowest BCUT2D eigenvalue weighted by Gasteiger charge is -2.33. The smallest absolute Gasteiger partial charge is 0.290 e. The normalized spacial score (nSPS) is 17.3. The summed E-state index contributed by atoms with van der Waals surface area (Å²) >= 11 is 0. The van der Waals surface area contributed by atoms with Crippen LogP contribution in [0, 0.1) is 18.3 Å². The second-order valence-electron chi connectivity index (χ2n) is 7.15. The number of azo groups is 1. The van der Waals surface area contributed by atoms with E-state index >= 15 is 0 Å². The van der Waals surface area contributed by atoms with Crippen LogP contribution in [0.25, 0.3) is 0 Å². The van der Waals surface area contributed by atoms with Crippen molar-refractivity contribution in [3.05, 3.63) is 45.7 Å². The van der Waals surface area contributed by atoms with Crippen molar-refractivity contribution in [3.8, 4) is 6.07 Å². The van der Waals surface area contributed by atoms with Gasteiger partial charge in [-0.15, -0.1) is 5.11 Å². The van der Waals surface area contributed by atoms with Gasteiger partial charge < -0.3 is 11.1 Å². The molecule has 1 aliphatic carbocycles. The molecule has 0 amide bonds. The molecule has 0 atom stereocenters. The minimum atomic E-state index is -0.464. The number of nitrogens with two attached hydrogens (primary N) is 1. The minimum Gasteiger partial charge on any atom is -0.396 e. The van der Waals surface area contributed by atoms with E-state index < -0.39 is 11.2 Å². The van der Waals surface area contributed by atoms with Gasteiger partial charge in [0.05, 0.1) is 11.4 Å². The Morgan fingerprint density at radius 3 is 2.56 bits per heavy atom. The number of aromatic nitrogens is 1. The molecule has 4 rings (SSSR count). The average molecular weight is 363 g/mol. The average Bonchev–Trinajstić information content (AvgIpc) is 3.03. The molecule has 4 N–H and O–H groups in total. The molecule has 8 heteroatoms. The van der Waals surface area contributed by atoms with E-state index in [9.17, 15) is 10.1 Å². The van der Waals surface area contributed by atoms with E-state index in [0.717, 1.165) is 31.2 Å². The second-order valence-corrected chi connectivity index (χ2v) is 7.15. The lowest BCUT2D eigenvalue weighted by atomic mass is 9.90. The van der Waals surface area contributed by atoms with Gasteiger partial charge >= 0.3 is 0 Å². The summed E-state index contributed by atoms with van der Waals surface area (Å²) in [6.07, 6.45) is 5.05. The van der Waals surface area contributed by atoms with Crippen molar-refractivity contribution in [2.45, 2.75) is 44.7 Å². The van der Waals surface area contributed by atoms with Crippen molar-refractivity contribution in [1.82, 2.24) is 4.68 Å². The monoisotopic (exact) mass is 363 g/mol. The van der Waals surface area contributed by atoms with Crippen molar-refractivity contribution in [1.29, 1.82) is 5.26 Å². The Morgan fingerprint density at radius 2 is 1.89 bits per heavy atom. The van der Waals surface area contributed by atoms with Gasteiger partial charge in [-0.1, -0.05) is 24.1 Å². The van der Waals surface area contributed by atoms with Crippen LogP contribution in [0.2, 0.25) is 0 Å². The number of nitrogens with one attached hydrogen (secondary N) is 2. The molecule has 1 aromatic carbocycles. The molecule has 1 fully saturated rings. The Bertz CT molecular complexity index is 1010. The molecule has 0 bridgehead atoms. The summed E-state index contributed by atoms with van der Waals surface area (Å²) in [6.45, 7) is 1.99. The number of nitrogen functional groups attached to an aromatic ring is 1. The molecule has 27 heavy (non-hydrogen) atoms. The Kier molecular flexibility index (Phi) is 4.07. The van der Waals surface area contributed by atoms with Crippen LogP contribution >= 0.6 is 0 Å². The number of aryl methyl sites for hydroxylation is 1. The van der Waals surface area contributed by atoms with Gasteiger partial charge in [-0.25, -0.2) is 4.68 Å². The van der Waals surface area contributed by atoms with E-state index in [-0.39, 0.29) is 11.3 Å². The van der Waals surface area contributed by atoms with Crippen LogP contribution in [0.3, 0.4) is 0 Å². The Labute approximate surface area is 156 Å². The number of pyridine rings is 1. The van der Waals surface area contributed by atoms with Crippen molar-refractivity contribution < 1.29 is 0 Å². The molecule has 0 saturated heterocycles. The zero-order valence-corrected chi connectivity index (χ0v) is 15.1. The van der Waals surface area contributed by atoms with Crippen molar-refractivity contribution in [2.24, 2.45) is 10.2 Å². The third-order valence-corrected chi connectivity index (χ3v) is 5.19. The van der Waals surface area contributed by atoms with Gasteiger partial charge in [0.25, 0.3) is 5.56 Å². The summed E-state index contributed by atoms with van der Waals surface area (Å²) in [5.41, 5.74) is 10.5. The van der Waals surface area contributed by atoms with Crippen molar-refractivity contribution in [3.63, 3.8) is 0 Å². The third-order valence-electron chi connectivity index (χ3n) is 5.19. The lowest BCUT2D eigenvalue weighted by molar-refractivity contribution is 0.353. The SMILES string of the molecule is Cc1ccc(N=Nc2c(N)c(C#N)c(=O)n3c2NC2(CCCCC2)N3)cc1. The molecule has 2 aliphatic rings. The number of nitrogens with zero attached hydrogens (tertiary/aromatic N) is 4. The fourth-order valence-corrected chi connectivity index (χ4v) is 3.69. The Hall–Kier alpha value is -3.34. The van der Waals surface area contributed by atoms with Gasteiger partial charge in [-0.05, 0) is 44.7 Å². The molecule has 1 saturated carbocycles. The number of nitriles is 1. The molecule has 8 nitrogen and oxygen atoms in total. The third kappa shape index (κ3) is 2.91. The standard InChI is InChI=1S/C19H21N7O/c1-12-5-7-13(8-6-12)23-24-16-15(21)14(11-20)18(27)26-17(16)22-19(25-26)9-3-2-4-10-19/h5-8,22,25H,2-4,9-10,21H2,1H3. The number of fused-ring (bicyclic) bond motifs is 1. The first-order chi connectivity index (χ1) is 13.0. The first kappa shape index (κ1) is 17.1. The predicted octanol–water partition coefficient (Wildman–Crippen LogP) is 3.66. The van der Waals surface area contributed by atoms with E-state index in [1.54, 1.807) is 0 Å². The zero-order chi connectivity index (χ0) is 19.0. The Balaban J connectivity index is 1.80. The van der Waals surface area contributed by atoms with E-state index in [2.05, 4.69) is 21.0 Å². The number of hydrogen-bond donors (Lipinski definition) is 3. The highest BCUT2D eigenvalue weighted by Crippen LogP contribution is 2.41. The summed E-state index contributed by atoms with van der Waals surface area (Å²) in [6, 6.07) is 9.48. The molecule has 1 aliphatic heterocycles. The van der Waals surface area contributed by atoms with Gasteiger partial charge in [-0.3, -0.25) is 10.2 Å². The van der Waals surface area contributed by atoms with Crippen LogP contribution in [0.1, 0.15) is 43.2 Å². The minimum absolute atomic E-state index is 0.0479. The highest BCUT2D eigenvalue weighted by atomic mass is 16.1. The van der Waals surface area contributed by atoms with Crippen LogP contribution in [0.4, 0.5) is 22.9 Å². The maximum absolute atomic E-state index is 12.7. The number of hydrogen-bond acceptors (Lipinski definition) is 7. The van der Waals surface area contributed by atoms with Crippen molar-refractivity contribution in [2.75, 3.05) is 16.5 Å². The van der Waals surface area contributed by atoms with Crippen molar-refractivity contribution >= 4 is 22.9 Å². The maximum atomic E-state index is 12.7. The predicted molar refractivity (Wildman–Crippen MR) is 104 cm³/mol. The van der Waals surface area contributed by atoms with Gasteiger partial charge in [-0.2, -0.15) is 10.4 Å². The molecule has 0 unspecified atom stereocenters. The van der Waals surface area contributed by atoms with Crippen LogP contribution in [-0.2, 0) is 0 Å². The largest absolute Gasteiger partial charge is 0.396 e. The zero-order valence-electron chi connectivity index (χ0n) is 15.1. The van der Waals surface area contributed by atoms with Crippen LogP contribution in [-0.4, -0.2) is 10.3 Å².